The fourth-order valence-corrected chi connectivity index (χ4v) is 3.38. The lowest BCUT2D eigenvalue weighted by atomic mass is 9.67. The first-order chi connectivity index (χ1) is 8.51. The zero-order chi connectivity index (χ0) is 13.6. The molecule has 108 valence electrons. The van der Waals surface area contributed by atoms with Gasteiger partial charge in [0.15, 0.2) is 0 Å². The lowest BCUT2D eigenvalue weighted by molar-refractivity contribution is 0.0775. The number of rotatable bonds is 7. The molecule has 1 aliphatic rings. The van der Waals surface area contributed by atoms with Gasteiger partial charge in [-0.05, 0) is 37.8 Å². The van der Waals surface area contributed by atoms with Crippen LogP contribution >= 0.6 is 0 Å². The fourth-order valence-electron chi connectivity index (χ4n) is 3.38. The number of hydrogen-bond donors (Lipinski definition) is 1. The zero-order valence-electron chi connectivity index (χ0n) is 13.0. The average molecular weight is 256 g/mol. The lowest BCUT2D eigenvalue weighted by Crippen LogP contribution is -2.52. The van der Waals surface area contributed by atoms with Crippen molar-refractivity contribution < 1.29 is 4.74 Å². The minimum absolute atomic E-state index is 0.432. The normalized spacial score (nSPS) is 27.7. The van der Waals surface area contributed by atoms with Crippen molar-refractivity contribution in [1.29, 1.82) is 0 Å². The smallest absolute Gasteiger partial charge is 0.0589 e. The van der Waals surface area contributed by atoms with E-state index >= 15 is 0 Å². The van der Waals surface area contributed by atoms with E-state index in [4.69, 9.17) is 4.74 Å². The maximum absolute atomic E-state index is 5.16. The molecule has 3 heteroatoms. The third-order valence-corrected chi connectivity index (χ3v) is 4.36. The van der Waals surface area contributed by atoms with Crippen molar-refractivity contribution in [2.45, 2.75) is 46.1 Å². The number of nitrogens with zero attached hydrogens (tertiary/aromatic N) is 1. The summed E-state index contributed by atoms with van der Waals surface area (Å²) in [5.74, 6) is 0.774. The molecule has 0 amide bonds. The van der Waals surface area contributed by atoms with E-state index in [-0.39, 0.29) is 0 Å². The molecular weight excluding hydrogens is 224 g/mol. The number of hydrogen-bond acceptors (Lipinski definition) is 3. The van der Waals surface area contributed by atoms with Crippen molar-refractivity contribution in [3.8, 4) is 0 Å². The van der Waals surface area contributed by atoms with Gasteiger partial charge >= 0.3 is 0 Å². The van der Waals surface area contributed by atoms with Crippen molar-refractivity contribution in [1.82, 2.24) is 10.2 Å². The largest absolute Gasteiger partial charge is 0.383 e. The van der Waals surface area contributed by atoms with E-state index in [2.05, 4.69) is 38.0 Å². The van der Waals surface area contributed by atoms with Crippen LogP contribution in [0.3, 0.4) is 0 Å². The molecule has 1 aliphatic carbocycles. The number of ether oxygens (including phenoxy) is 1. The summed E-state index contributed by atoms with van der Waals surface area (Å²) in [5, 5.41) is 3.73. The molecule has 18 heavy (non-hydrogen) atoms. The molecule has 0 aromatic heterocycles. The maximum atomic E-state index is 5.16. The predicted octanol–water partition coefficient (Wildman–Crippen LogP) is 2.37. The minimum atomic E-state index is 0.432. The van der Waals surface area contributed by atoms with Crippen molar-refractivity contribution in [3.63, 3.8) is 0 Å². The molecule has 1 saturated carbocycles. The van der Waals surface area contributed by atoms with E-state index in [0.29, 0.717) is 11.5 Å². The van der Waals surface area contributed by atoms with Gasteiger partial charge in [0.2, 0.25) is 0 Å². The molecule has 1 N–H and O–H groups in total. The van der Waals surface area contributed by atoms with E-state index in [1.54, 1.807) is 7.11 Å². The van der Waals surface area contributed by atoms with Gasteiger partial charge in [0, 0.05) is 26.2 Å². The molecule has 0 aromatic carbocycles. The van der Waals surface area contributed by atoms with Crippen LogP contribution in [0.2, 0.25) is 0 Å². The Morgan fingerprint density at radius 2 is 2.11 bits per heavy atom. The van der Waals surface area contributed by atoms with Crippen LogP contribution in [-0.2, 0) is 4.74 Å². The predicted molar refractivity (Wildman–Crippen MR) is 78.0 cm³/mol. The first-order valence-electron chi connectivity index (χ1n) is 7.42. The summed E-state index contributed by atoms with van der Waals surface area (Å²) in [6.07, 6.45) is 4.08. The highest BCUT2D eigenvalue weighted by Gasteiger charge is 2.38. The average Bonchev–Trinajstić information content (AvgIpc) is 2.30. The molecule has 0 bridgehead atoms. The van der Waals surface area contributed by atoms with Crippen LogP contribution in [-0.4, -0.2) is 51.3 Å². The van der Waals surface area contributed by atoms with Crippen LogP contribution in [0.15, 0.2) is 0 Å². The van der Waals surface area contributed by atoms with Gasteiger partial charge in [0.05, 0.1) is 6.61 Å². The summed E-state index contributed by atoms with van der Waals surface area (Å²) in [5.41, 5.74) is 0.432. The third kappa shape index (κ3) is 4.52. The topological polar surface area (TPSA) is 24.5 Å². The Labute approximate surface area is 113 Å². The maximum Gasteiger partial charge on any atom is 0.0589 e. The molecule has 0 radical (unpaired) electrons. The SMILES string of the molecule is CCNC1C(CN(C)CCOC)CCCC1(C)C. The summed E-state index contributed by atoms with van der Waals surface area (Å²) >= 11 is 0. The van der Waals surface area contributed by atoms with Crippen molar-refractivity contribution in [3.05, 3.63) is 0 Å². The molecule has 0 heterocycles. The first kappa shape index (κ1) is 15.9. The number of nitrogens with one attached hydrogen (secondary N) is 1. The Hall–Kier alpha value is -0.120. The highest BCUT2D eigenvalue weighted by Crippen LogP contribution is 2.39. The van der Waals surface area contributed by atoms with E-state index in [0.717, 1.165) is 25.6 Å². The Morgan fingerprint density at radius 3 is 2.72 bits per heavy atom. The highest BCUT2D eigenvalue weighted by molar-refractivity contribution is 4.94. The van der Waals surface area contributed by atoms with E-state index < -0.39 is 0 Å². The number of methoxy groups -OCH3 is 1. The first-order valence-corrected chi connectivity index (χ1v) is 7.42. The van der Waals surface area contributed by atoms with Crippen LogP contribution in [0.1, 0.15) is 40.0 Å². The Kier molecular flexibility index (Phi) is 6.61. The Morgan fingerprint density at radius 1 is 1.39 bits per heavy atom. The van der Waals surface area contributed by atoms with Gasteiger partial charge in [-0.1, -0.05) is 27.2 Å². The van der Waals surface area contributed by atoms with Gasteiger partial charge in [-0.15, -0.1) is 0 Å². The van der Waals surface area contributed by atoms with Gasteiger partial charge in [0.1, 0.15) is 0 Å². The van der Waals surface area contributed by atoms with E-state index in [1.807, 2.05) is 0 Å². The molecule has 0 saturated heterocycles. The van der Waals surface area contributed by atoms with Crippen LogP contribution in [0.5, 0.6) is 0 Å². The summed E-state index contributed by atoms with van der Waals surface area (Å²) < 4.78 is 5.16. The number of likely N-dealkylation sites (N-methyl/N-ethyl adjacent to an activating group) is 1. The molecule has 2 unspecified atom stereocenters. The van der Waals surface area contributed by atoms with E-state index in [1.165, 1.54) is 25.8 Å². The van der Waals surface area contributed by atoms with E-state index in [9.17, 15) is 0 Å². The molecule has 2 atom stereocenters. The fraction of sp³-hybridized carbons (Fsp3) is 1.00. The second-order valence-corrected chi connectivity index (χ2v) is 6.43. The quantitative estimate of drug-likeness (QED) is 0.757. The summed E-state index contributed by atoms with van der Waals surface area (Å²) in [6.45, 7) is 11.2. The van der Waals surface area contributed by atoms with Crippen molar-refractivity contribution >= 4 is 0 Å². The second kappa shape index (κ2) is 7.46. The minimum Gasteiger partial charge on any atom is -0.383 e. The van der Waals surface area contributed by atoms with Crippen LogP contribution in [0.4, 0.5) is 0 Å². The van der Waals surface area contributed by atoms with Crippen LogP contribution in [0, 0.1) is 11.3 Å². The molecular formula is C15H32N2O. The van der Waals surface area contributed by atoms with Crippen LogP contribution < -0.4 is 5.32 Å². The summed E-state index contributed by atoms with van der Waals surface area (Å²) in [7, 11) is 3.99. The zero-order valence-corrected chi connectivity index (χ0v) is 13.0. The molecule has 0 spiro atoms. The van der Waals surface area contributed by atoms with Gasteiger partial charge < -0.3 is 15.0 Å². The molecule has 1 fully saturated rings. The van der Waals surface area contributed by atoms with Crippen molar-refractivity contribution in [2.24, 2.45) is 11.3 Å². The standard InChI is InChI=1S/C15H32N2O/c1-6-16-14-13(8-7-9-15(14,2)3)12-17(4)10-11-18-5/h13-14,16H,6-12H2,1-5H3. The molecule has 3 nitrogen and oxygen atoms in total. The Bertz CT molecular complexity index is 231. The lowest BCUT2D eigenvalue weighted by Gasteiger charge is -2.45. The molecule has 0 aliphatic heterocycles. The van der Waals surface area contributed by atoms with Gasteiger partial charge in [-0.2, -0.15) is 0 Å². The third-order valence-electron chi connectivity index (χ3n) is 4.36. The second-order valence-electron chi connectivity index (χ2n) is 6.43. The monoisotopic (exact) mass is 256 g/mol. The van der Waals surface area contributed by atoms with Crippen LogP contribution in [0.25, 0.3) is 0 Å². The van der Waals surface area contributed by atoms with Gasteiger partial charge in [-0.25, -0.2) is 0 Å². The van der Waals surface area contributed by atoms with Crippen molar-refractivity contribution in [2.75, 3.05) is 40.4 Å². The Balaban J connectivity index is 2.55. The summed E-state index contributed by atoms with van der Waals surface area (Å²) in [6, 6.07) is 0.654. The molecule has 1 rings (SSSR count). The highest BCUT2D eigenvalue weighted by atomic mass is 16.5. The van der Waals surface area contributed by atoms with Gasteiger partial charge in [0.25, 0.3) is 0 Å². The molecule has 0 aromatic rings. The summed E-state index contributed by atoms with van der Waals surface area (Å²) in [4.78, 5) is 2.42. The van der Waals surface area contributed by atoms with Gasteiger partial charge in [-0.3, -0.25) is 0 Å².